The summed E-state index contributed by atoms with van der Waals surface area (Å²) in [6.07, 6.45) is 1.83. The molecule has 0 unspecified atom stereocenters. The first-order chi connectivity index (χ1) is 15.4. The van der Waals surface area contributed by atoms with Gasteiger partial charge in [-0.1, -0.05) is 0 Å². The number of pyridine rings is 1. The molecule has 1 aliphatic heterocycles. The Labute approximate surface area is 192 Å². The van der Waals surface area contributed by atoms with Crippen molar-refractivity contribution < 1.29 is 9.53 Å². The zero-order valence-corrected chi connectivity index (χ0v) is 19.4. The Hall–Kier alpha value is -3.17. The molecule has 9 heteroatoms. The highest BCUT2D eigenvalue weighted by Gasteiger charge is 2.17. The number of benzene rings is 1. The lowest BCUT2D eigenvalue weighted by Gasteiger charge is -2.33. The summed E-state index contributed by atoms with van der Waals surface area (Å²) in [7, 11) is 2.14. The average Bonchev–Trinajstić information content (AvgIpc) is 3.24. The molecular weight excluding hydrogens is 424 g/mol. The summed E-state index contributed by atoms with van der Waals surface area (Å²) < 4.78 is 5.88. The molecule has 4 rings (SSSR count). The van der Waals surface area contributed by atoms with Gasteiger partial charge >= 0.3 is 0 Å². The molecule has 1 amide bonds. The third kappa shape index (κ3) is 5.17. The molecule has 1 aliphatic rings. The lowest BCUT2D eigenvalue weighted by molar-refractivity contribution is 0.100. The van der Waals surface area contributed by atoms with Gasteiger partial charge in [-0.2, -0.15) is 0 Å². The molecule has 0 radical (unpaired) electrons. The largest absolute Gasteiger partial charge is 0.489 e. The number of thiazole rings is 1. The highest BCUT2D eigenvalue weighted by Crippen LogP contribution is 2.33. The molecule has 8 nitrogen and oxygen atoms in total. The number of anilines is 3. The maximum absolute atomic E-state index is 11.6. The second-order valence-corrected chi connectivity index (χ2v) is 8.96. The van der Waals surface area contributed by atoms with Crippen LogP contribution in [-0.2, 0) is 0 Å². The van der Waals surface area contributed by atoms with Crippen LogP contribution < -0.4 is 20.7 Å². The zero-order chi connectivity index (χ0) is 22.7. The summed E-state index contributed by atoms with van der Waals surface area (Å²) in [4.78, 5) is 25.6. The van der Waals surface area contributed by atoms with E-state index in [1.165, 1.54) is 11.3 Å². The Bertz CT molecular complexity index is 1090. The van der Waals surface area contributed by atoms with Crippen LogP contribution in [0.2, 0.25) is 0 Å². The quantitative estimate of drug-likeness (QED) is 0.565. The van der Waals surface area contributed by atoms with E-state index in [1.54, 1.807) is 18.2 Å². The van der Waals surface area contributed by atoms with E-state index in [1.807, 2.05) is 31.5 Å². The van der Waals surface area contributed by atoms with Crippen LogP contribution in [0.3, 0.4) is 0 Å². The summed E-state index contributed by atoms with van der Waals surface area (Å²) in [6.45, 7) is 7.89. The molecule has 0 aliphatic carbocycles. The number of amides is 1. The fourth-order valence-electron chi connectivity index (χ4n) is 3.50. The maximum Gasteiger partial charge on any atom is 0.248 e. The molecule has 1 fully saturated rings. The minimum atomic E-state index is -0.489. The lowest BCUT2D eigenvalue weighted by atomic mass is 10.1. The molecule has 2 aromatic heterocycles. The van der Waals surface area contributed by atoms with Crippen LogP contribution in [0.15, 0.2) is 41.9 Å². The summed E-state index contributed by atoms with van der Waals surface area (Å²) in [5.41, 5.74) is 8.41. The molecular formula is C23H28N6O2S. The number of primary amides is 1. The molecule has 0 atom stereocenters. The summed E-state index contributed by atoms with van der Waals surface area (Å²) in [5, 5.41) is 6.00. The Morgan fingerprint density at radius 2 is 1.97 bits per heavy atom. The van der Waals surface area contributed by atoms with Crippen molar-refractivity contribution in [3.05, 3.63) is 47.5 Å². The Kier molecular flexibility index (Phi) is 6.57. The van der Waals surface area contributed by atoms with Crippen molar-refractivity contribution in [2.24, 2.45) is 5.73 Å². The normalized spacial score (nSPS) is 14.6. The molecule has 0 saturated carbocycles. The molecule has 32 heavy (non-hydrogen) atoms. The van der Waals surface area contributed by atoms with E-state index in [9.17, 15) is 4.79 Å². The molecule has 0 spiro atoms. The predicted molar refractivity (Wildman–Crippen MR) is 129 cm³/mol. The van der Waals surface area contributed by atoms with Gasteiger partial charge < -0.3 is 25.6 Å². The number of carbonyl (C=O) groups is 1. The third-order valence-electron chi connectivity index (χ3n) is 5.24. The van der Waals surface area contributed by atoms with E-state index in [0.29, 0.717) is 22.1 Å². The first-order valence-electron chi connectivity index (χ1n) is 10.6. The molecule has 168 valence electrons. The van der Waals surface area contributed by atoms with Gasteiger partial charge in [0.2, 0.25) is 5.91 Å². The van der Waals surface area contributed by atoms with Gasteiger partial charge in [0.1, 0.15) is 11.6 Å². The maximum atomic E-state index is 11.6. The van der Waals surface area contributed by atoms with E-state index >= 15 is 0 Å². The van der Waals surface area contributed by atoms with Gasteiger partial charge in [-0.25, -0.2) is 9.97 Å². The average molecular weight is 453 g/mol. The number of likely N-dealkylation sites (N-methyl/N-ethyl adjacent to an activating group) is 1. The monoisotopic (exact) mass is 452 g/mol. The van der Waals surface area contributed by atoms with Crippen molar-refractivity contribution in [1.29, 1.82) is 0 Å². The van der Waals surface area contributed by atoms with Crippen LogP contribution in [-0.4, -0.2) is 60.1 Å². The highest BCUT2D eigenvalue weighted by atomic mass is 32.1. The second-order valence-electron chi connectivity index (χ2n) is 8.10. The van der Waals surface area contributed by atoms with Gasteiger partial charge in [0, 0.05) is 48.9 Å². The van der Waals surface area contributed by atoms with Crippen molar-refractivity contribution >= 4 is 33.9 Å². The molecule has 0 bridgehead atoms. The number of nitrogens with zero attached hydrogens (tertiary/aromatic N) is 4. The number of nitrogens with two attached hydrogens (primary N) is 1. The van der Waals surface area contributed by atoms with Crippen LogP contribution in [0, 0.1) is 0 Å². The Morgan fingerprint density at radius 3 is 2.69 bits per heavy atom. The van der Waals surface area contributed by atoms with E-state index in [-0.39, 0.29) is 6.10 Å². The molecule has 1 aromatic carbocycles. The summed E-state index contributed by atoms with van der Waals surface area (Å²) >= 11 is 1.49. The number of nitrogens with one attached hydrogen (secondary N) is 1. The van der Waals surface area contributed by atoms with Crippen LogP contribution in [0.1, 0.15) is 24.2 Å². The van der Waals surface area contributed by atoms with Crippen molar-refractivity contribution in [3.8, 4) is 17.0 Å². The number of aromatic nitrogens is 2. The molecule has 3 aromatic rings. The van der Waals surface area contributed by atoms with Gasteiger partial charge in [-0.05, 0) is 51.2 Å². The first-order valence-corrected chi connectivity index (χ1v) is 11.5. The van der Waals surface area contributed by atoms with Crippen LogP contribution in [0.4, 0.5) is 16.6 Å². The fraction of sp³-hybridized carbons (Fsp3) is 0.348. The van der Waals surface area contributed by atoms with Gasteiger partial charge in [0.15, 0.2) is 5.13 Å². The second kappa shape index (κ2) is 9.54. The number of hydrogen-bond donors (Lipinski definition) is 2. The lowest BCUT2D eigenvalue weighted by Crippen LogP contribution is -2.44. The van der Waals surface area contributed by atoms with Crippen LogP contribution in [0.5, 0.6) is 5.75 Å². The molecule has 3 N–H and O–H groups in total. The molecule has 3 heterocycles. The van der Waals surface area contributed by atoms with Gasteiger partial charge in [0.05, 0.1) is 17.5 Å². The SMILES string of the molecule is CC(C)Oc1ccc(C(N)=O)cc1Nc1nc(-c2ccnc(N3CCN(C)CC3)c2)cs1. The highest BCUT2D eigenvalue weighted by molar-refractivity contribution is 7.14. The fourth-order valence-corrected chi connectivity index (χ4v) is 4.23. The number of hydrogen-bond acceptors (Lipinski definition) is 8. The van der Waals surface area contributed by atoms with Crippen LogP contribution in [0.25, 0.3) is 11.3 Å². The first kappa shape index (κ1) is 22.0. The summed E-state index contributed by atoms with van der Waals surface area (Å²) in [6, 6.07) is 9.17. The van der Waals surface area contributed by atoms with Gasteiger partial charge in [-0.3, -0.25) is 4.79 Å². The standard InChI is InChI=1S/C23H28N6O2S/c1-15(2)31-20-5-4-17(22(24)30)12-18(20)26-23-27-19(14-32-23)16-6-7-25-21(13-16)29-10-8-28(3)9-11-29/h4-7,12-15H,8-11H2,1-3H3,(H2,24,30)(H,26,27). The Morgan fingerprint density at radius 1 is 1.19 bits per heavy atom. The third-order valence-corrected chi connectivity index (χ3v) is 6.00. The zero-order valence-electron chi connectivity index (χ0n) is 18.5. The number of ether oxygens (including phenoxy) is 1. The summed E-state index contributed by atoms with van der Waals surface area (Å²) in [5.74, 6) is 1.13. The van der Waals surface area contributed by atoms with Crippen molar-refractivity contribution in [1.82, 2.24) is 14.9 Å². The minimum Gasteiger partial charge on any atom is -0.489 e. The van der Waals surface area contributed by atoms with E-state index in [0.717, 1.165) is 43.3 Å². The van der Waals surface area contributed by atoms with Crippen molar-refractivity contribution in [2.45, 2.75) is 20.0 Å². The smallest absolute Gasteiger partial charge is 0.248 e. The predicted octanol–water partition coefficient (Wildman–Crippen LogP) is 3.59. The molecule has 1 saturated heterocycles. The van der Waals surface area contributed by atoms with Gasteiger partial charge in [0.25, 0.3) is 0 Å². The van der Waals surface area contributed by atoms with Crippen molar-refractivity contribution in [2.75, 3.05) is 43.4 Å². The van der Waals surface area contributed by atoms with E-state index < -0.39 is 5.91 Å². The topological polar surface area (TPSA) is 96.6 Å². The van der Waals surface area contributed by atoms with Gasteiger partial charge in [-0.15, -0.1) is 11.3 Å². The van der Waals surface area contributed by atoms with Crippen LogP contribution >= 0.6 is 11.3 Å². The van der Waals surface area contributed by atoms with E-state index in [2.05, 4.69) is 33.2 Å². The minimum absolute atomic E-state index is 0.00773. The number of piperazine rings is 1. The Balaban J connectivity index is 1.55. The number of rotatable bonds is 7. The van der Waals surface area contributed by atoms with Crippen molar-refractivity contribution in [3.63, 3.8) is 0 Å². The van der Waals surface area contributed by atoms with E-state index in [4.69, 9.17) is 15.5 Å². The number of carbonyl (C=O) groups excluding carboxylic acids is 1.